The van der Waals surface area contributed by atoms with Crippen LogP contribution in [0.15, 0.2) is 24.3 Å². The van der Waals surface area contributed by atoms with Crippen molar-refractivity contribution in [2.24, 2.45) is 5.92 Å². The van der Waals surface area contributed by atoms with E-state index in [-0.39, 0.29) is 0 Å². The van der Waals surface area contributed by atoms with Crippen molar-refractivity contribution in [3.63, 3.8) is 0 Å². The molecule has 0 unspecified atom stereocenters. The first-order chi connectivity index (χ1) is 9.60. The molecule has 108 valence electrons. The molecular weight excluding hydrogens is 274 g/mol. The highest BCUT2D eigenvalue weighted by Gasteiger charge is 2.19. The molecule has 0 amide bonds. The summed E-state index contributed by atoms with van der Waals surface area (Å²) in [4.78, 5) is 12.8. The Morgan fingerprint density at radius 1 is 1.45 bits per heavy atom. The van der Waals surface area contributed by atoms with Crippen molar-refractivity contribution in [3.05, 3.63) is 34.9 Å². The fourth-order valence-electron chi connectivity index (χ4n) is 2.63. The third kappa shape index (κ3) is 3.76. The molecule has 1 fully saturated rings. The van der Waals surface area contributed by atoms with Crippen LogP contribution >= 0.6 is 11.6 Å². The van der Waals surface area contributed by atoms with E-state index in [9.17, 15) is 4.79 Å². The topological polar surface area (TPSA) is 40.5 Å². The molecule has 0 saturated carbocycles. The quantitative estimate of drug-likeness (QED) is 0.851. The third-order valence-electron chi connectivity index (χ3n) is 3.92. The van der Waals surface area contributed by atoms with Gasteiger partial charge in [-0.3, -0.25) is 0 Å². The highest BCUT2D eigenvalue weighted by atomic mass is 35.5. The summed E-state index contributed by atoms with van der Waals surface area (Å²) in [5.41, 5.74) is 1.86. The Hall–Kier alpha value is -1.48. The Kier molecular flexibility index (Phi) is 5.07. The van der Waals surface area contributed by atoms with Crippen LogP contribution in [0.2, 0.25) is 5.02 Å². The summed E-state index contributed by atoms with van der Waals surface area (Å²) in [5.74, 6) is -0.116. The fourth-order valence-corrected chi connectivity index (χ4v) is 2.94. The van der Waals surface area contributed by atoms with Gasteiger partial charge in [-0.1, -0.05) is 31.0 Å². The first-order valence-corrected chi connectivity index (χ1v) is 7.43. The summed E-state index contributed by atoms with van der Waals surface area (Å²) in [7, 11) is 0. The van der Waals surface area contributed by atoms with Gasteiger partial charge < -0.3 is 10.0 Å². The molecule has 20 heavy (non-hydrogen) atoms. The van der Waals surface area contributed by atoms with Crippen LogP contribution in [0.1, 0.15) is 31.7 Å². The van der Waals surface area contributed by atoms with E-state index in [2.05, 4.69) is 11.8 Å². The minimum Gasteiger partial charge on any atom is -0.478 e. The second-order valence-electron chi connectivity index (χ2n) is 5.22. The van der Waals surface area contributed by atoms with Gasteiger partial charge in [0.15, 0.2) is 0 Å². The number of benzene rings is 1. The molecule has 1 aliphatic rings. The Morgan fingerprint density at radius 3 is 2.70 bits per heavy atom. The molecule has 1 saturated heterocycles. The van der Waals surface area contributed by atoms with Crippen molar-refractivity contribution in [2.45, 2.75) is 26.2 Å². The highest BCUT2D eigenvalue weighted by molar-refractivity contribution is 6.33. The lowest BCUT2D eigenvalue weighted by Crippen LogP contribution is -2.33. The predicted octanol–water partition coefficient (Wildman–Crippen LogP) is 4.06. The van der Waals surface area contributed by atoms with Crippen LogP contribution in [0, 0.1) is 5.92 Å². The second kappa shape index (κ2) is 6.80. The predicted molar refractivity (Wildman–Crippen MR) is 83.3 cm³/mol. The van der Waals surface area contributed by atoms with E-state index in [4.69, 9.17) is 16.7 Å². The summed E-state index contributed by atoms with van der Waals surface area (Å²) in [6, 6.07) is 5.71. The number of carboxylic acids is 1. The molecule has 0 atom stereocenters. The van der Waals surface area contributed by atoms with Crippen LogP contribution in [-0.2, 0) is 4.79 Å². The molecule has 0 aromatic heterocycles. The number of nitrogens with zero attached hydrogens (tertiary/aromatic N) is 1. The van der Waals surface area contributed by atoms with E-state index < -0.39 is 5.97 Å². The maximum absolute atomic E-state index is 10.5. The molecule has 0 aliphatic carbocycles. The van der Waals surface area contributed by atoms with E-state index in [1.165, 1.54) is 19.3 Å². The van der Waals surface area contributed by atoms with Gasteiger partial charge in [-0.15, -0.1) is 0 Å². The molecule has 2 rings (SSSR count). The van der Waals surface area contributed by atoms with Gasteiger partial charge in [0.25, 0.3) is 0 Å². The van der Waals surface area contributed by atoms with Crippen LogP contribution in [0.4, 0.5) is 5.69 Å². The van der Waals surface area contributed by atoms with Crippen LogP contribution in [0.3, 0.4) is 0 Å². The molecule has 4 heteroatoms. The molecule has 0 spiro atoms. The van der Waals surface area contributed by atoms with E-state index in [1.807, 2.05) is 18.2 Å². The molecule has 1 aromatic carbocycles. The smallest absolute Gasteiger partial charge is 0.328 e. The summed E-state index contributed by atoms with van der Waals surface area (Å²) < 4.78 is 0. The molecule has 1 heterocycles. The van der Waals surface area contributed by atoms with E-state index in [0.717, 1.165) is 36.3 Å². The number of hydrogen-bond acceptors (Lipinski definition) is 2. The summed E-state index contributed by atoms with van der Waals surface area (Å²) in [6.45, 7) is 4.34. The number of carbonyl (C=O) groups is 1. The number of rotatable bonds is 4. The Bertz CT molecular complexity index is 505. The largest absolute Gasteiger partial charge is 0.478 e. The van der Waals surface area contributed by atoms with Gasteiger partial charge in [-0.25, -0.2) is 4.79 Å². The fraction of sp³-hybridized carbons (Fsp3) is 0.438. The van der Waals surface area contributed by atoms with Crippen LogP contribution in [-0.4, -0.2) is 24.2 Å². The molecule has 1 N–H and O–H groups in total. The van der Waals surface area contributed by atoms with Crippen LogP contribution < -0.4 is 4.90 Å². The van der Waals surface area contributed by atoms with Gasteiger partial charge in [0.2, 0.25) is 0 Å². The maximum Gasteiger partial charge on any atom is 0.328 e. The Balaban J connectivity index is 2.08. The number of halogens is 1. The number of anilines is 1. The standard InChI is InChI=1S/C16H20ClNO2/c1-2-12-7-9-18(10-8-12)15-5-3-13(11-14(15)17)4-6-16(19)20/h3-6,11-12H,2,7-10H2,1H3,(H,19,20)/b6-4+. The molecule has 0 bridgehead atoms. The zero-order valence-electron chi connectivity index (χ0n) is 11.7. The first-order valence-electron chi connectivity index (χ1n) is 7.05. The molecule has 1 aliphatic heterocycles. The van der Waals surface area contributed by atoms with Crippen molar-refractivity contribution in [3.8, 4) is 0 Å². The minimum atomic E-state index is -0.952. The lowest BCUT2D eigenvalue weighted by atomic mass is 9.94. The Labute approximate surface area is 124 Å². The third-order valence-corrected chi connectivity index (χ3v) is 4.23. The zero-order valence-corrected chi connectivity index (χ0v) is 12.4. The monoisotopic (exact) mass is 293 g/mol. The van der Waals surface area contributed by atoms with Gasteiger partial charge >= 0.3 is 5.97 Å². The maximum atomic E-state index is 10.5. The van der Waals surface area contributed by atoms with Gasteiger partial charge in [0, 0.05) is 19.2 Å². The SMILES string of the molecule is CCC1CCN(c2ccc(/C=C/C(=O)O)cc2Cl)CC1. The van der Waals surface area contributed by atoms with Crippen molar-refractivity contribution in [1.82, 2.24) is 0 Å². The number of aliphatic carboxylic acids is 1. The van der Waals surface area contributed by atoms with Gasteiger partial charge in [-0.2, -0.15) is 0 Å². The summed E-state index contributed by atoms with van der Waals surface area (Å²) >= 11 is 6.33. The van der Waals surface area contributed by atoms with E-state index >= 15 is 0 Å². The van der Waals surface area contributed by atoms with Crippen molar-refractivity contribution >= 4 is 29.3 Å². The van der Waals surface area contributed by atoms with Gasteiger partial charge in [0.05, 0.1) is 10.7 Å². The minimum absolute atomic E-state index is 0.687. The first kappa shape index (κ1) is 14.9. The van der Waals surface area contributed by atoms with E-state index in [0.29, 0.717) is 5.02 Å². The van der Waals surface area contributed by atoms with Gasteiger partial charge in [0.1, 0.15) is 0 Å². The van der Waals surface area contributed by atoms with Gasteiger partial charge in [-0.05, 0) is 42.5 Å². The molecule has 0 radical (unpaired) electrons. The summed E-state index contributed by atoms with van der Waals surface area (Å²) in [5, 5.41) is 9.31. The normalized spacial score (nSPS) is 16.8. The summed E-state index contributed by atoms with van der Waals surface area (Å²) in [6.07, 6.45) is 6.36. The molecule has 3 nitrogen and oxygen atoms in total. The molecular formula is C16H20ClNO2. The number of hydrogen-bond donors (Lipinski definition) is 1. The van der Waals surface area contributed by atoms with Crippen LogP contribution in [0.25, 0.3) is 6.08 Å². The number of carboxylic acid groups (broad SMARTS) is 1. The average Bonchev–Trinajstić information content (AvgIpc) is 2.45. The molecule has 1 aromatic rings. The lowest BCUT2D eigenvalue weighted by molar-refractivity contribution is -0.131. The van der Waals surface area contributed by atoms with Crippen molar-refractivity contribution in [1.29, 1.82) is 0 Å². The lowest BCUT2D eigenvalue weighted by Gasteiger charge is -2.33. The second-order valence-corrected chi connectivity index (χ2v) is 5.63. The van der Waals surface area contributed by atoms with Crippen molar-refractivity contribution in [2.75, 3.05) is 18.0 Å². The Morgan fingerprint density at radius 2 is 2.15 bits per heavy atom. The van der Waals surface area contributed by atoms with Crippen molar-refractivity contribution < 1.29 is 9.90 Å². The van der Waals surface area contributed by atoms with E-state index in [1.54, 1.807) is 6.08 Å². The van der Waals surface area contributed by atoms with Crippen LogP contribution in [0.5, 0.6) is 0 Å². The number of piperidine rings is 1. The zero-order chi connectivity index (χ0) is 14.5. The highest BCUT2D eigenvalue weighted by Crippen LogP contribution is 2.31. The average molecular weight is 294 g/mol.